The number of hydrogen-bond acceptors (Lipinski definition) is 2. The van der Waals surface area contributed by atoms with Gasteiger partial charge in [-0.1, -0.05) is 13.0 Å². The molecule has 18 heavy (non-hydrogen) atoms. The highest BCUT2D eigenvalue weighted by molar-refractivity contribution is 6.20. The topological polar surface area (TPSA) is 38.3 Å². The Labute approximate surface area is 113 Å². The number of alkyl halides is 1. The first-order valence-corrected chi connectivity index (χ1v) is 6.70. The maximum atomic E-state index is 11.4. The molecule has 0 aliphatic rings. The number of carbonyl (C=O) groups excluding carboxylic acids is 1. The molecule has 1 aromatic rings. The largest absolute Gasteiger partial charge is 0.492 e. The molecule has 0 fully saturated rings. The van der Waals surface area contributed by atoms with Crippen LogP contribution >= 0.6 is 11.6 Å². The van der Waals surface area contributed by atoms with Crippen LogP contribution in [0.2, 0.25) is 0 Å². The van der Waals surface area contributed by atoms with Crippen molar-refractivity contribution in [2.45, 2.75) is 39.0 Å². The lowest BCUT2D eigenvalue weighted by molar-refractivity contribution is -0.115. The van der Waals surface area contributed by atoms with Crippen molar-refractivity contribution in [2.24, 2.45) is 0 Å². The van der Waals surface area contributed by atoms with E-state index in [-0.39, 0.29) is 11.3 Å². The van der Waals surface area contributed by atoms with Crippen molar-refractivity contribution < 1.29 is 9.53 Å². The number of hydrogen-bond donors (Lipinski definition) is 1. The molecule has 1 unspecified atom stereocenters. The van der Waals surface area contributed by atoms with Gasteiger partial charge < -0.3 is 10.1 Å². The van der Waals surface area contributed by atoms with Gasteiger partial charge in [0.2, 0.25) is 5.91 Å². The number of rotatable bonds is 6. The molecule has 0 spiro atoms. The van der Waals surface area contributed by atoms with Crippen LogP contribution in [0.1, 0.15) is 32.8 Å². The fourth-order valence-electron chi connectivity index (χ4n) is 1.64. The molecule has 1 N–H and O–H groups in total. The fourth-order valence-corrected chi connectivity index (χ4v) is 1.81. The summed E-state index contributed by atoms with van der Waals surface area (Å²) in [6.07, 6.45) is 1.23. The van der Waals surface area contributed by atoms with Gasteiger partial charge in [-0.3, -0.25) is 4.79 Å². The van der Waals surface area contributed by atoms with Crippen LogP contribution in [0.5, 0.6) is 5.75 Å². The molecule has 0 aliphatic carbocycles. The van der Waals surface area contributed by atoms with Crippen molar-refractivity contribution in [3.05, 3.63) is 23.8 Å². The minimum Gasteiger partial charge on any atom is -0.492 e. The van der Waals surface area contributed by atoms with Crippen molar-refractivity contribution >= 4 is 23.2 Å². The maximum absolute atomic E-state index is 11.4. The molecule has 1 amide bonds. The molecule has 0 aromatic heterocycles. The molecule has 0 saturated carbocycles. The van der Waals surface area contributed by atoms with Gasteiger partial charge in [-0.05, 0) is 38.0 Å². The number of nitrogens with one attached hydrogen (secondary N) is 1. The summed E-state index contributed by atoms with van der Waals surface area (Å²) >= 11 is 5.98. The number of halogens is 1. The highest BCUT2D eigenvalue weighted by Gasteiger charge is 2.09. The summed E-state index contributed by atoms with van der Waals surface area (Å²) in [6, 6.07) is 5.77. The zero-order chi connectivity index (χ0) is 13.5. The third-order valence-corrected chi connectivity index (χ3v) is 2.61. The van der Waals surface area contributed by atoms with Crippen LogP contribution < -0.4 is 10.1 Å². The minimum atomic E-state index is -0.0191. The molecular weight excluding hydrogens is 250 g/mol. The fraction of sp³-hybridized carbons (Fsp3) is 0.500. The van der Waals surface area contributed by atoms with Gasteiger partial charge in [-0.15, -0.1) is 11.6 Å². The second-order valence-corrected chi connectivity index (χ2v) is 4.90. The molecule has 0 bridgehead atoms. The summed E-state index contributed by atoms with van der Waals surface area (Å²) in [5.41, 5.74) is 1.82. The zero-order valence-corrected chi connectivity index (χ0v) is 11.9. The lowest BCUT2D eigenvalue weighted by atomic mass is 10.1. The standard InChI is InChI=1S/C14H20ClNO2/c1-4-14(17)16-12-7-6-11(8-10(3)15)9-13(12)18-5-2/h6-7,9-10H,4-5,8H2,1-3H3,(H,16,17). The van der Waals surface area contributed by atoms with Gasteiger partial charge in [-0.2, -0.15) is 0 Å². The first-order chi connectivity index (χ1) is 8.56. The van der Waals surface area contributed by atoms with E-state index < -0.39 is 0 Å². The highest BCUT2D eigenvalue weighted by atomic mass is 35.5. The SMILES string of the molecule is CCOc1cc(CC(C)Cl)ccc1NC(=O)CC. The van der Waals surface area contributed by atoms with Crippen molar-refractivity contribution in [3.63, 3.8) is 0 Å². The second kappa shape index (κ2) is 7.27. The number of ether oxygens (including phenoxy) is 1. The summed E-state index contributed by atoms with van der Waals surface area (Å²) in [7, 11) is 0. The highest BCUT2D eigenvalue weighted by Crippen LogP contribution is 2.27. The van der Waals surface area contributed by atoms with Crippen LogP contribution in [0.15, 0.2) is 18.2 Å². The van der Waals surface area contributed by atoms with Crippen molar-refractivity contribution in [2.75, 3.05) is 11.9 Å². The Hall–Kier alpha value is -1.22. The molecule has 1 rings (SSSR count). The monoisotopic (exact) mass is 269 g/mol. The Balaban J connectivity index is 2.92. The number of carbonyl (C=O) groups is 1. The van der Waals surface area contributed by atoms with E-state index in [4.69, 9.17) is 16.3 Å². The third-order valence-electron chi connectivity index (χ3n) is 2.46. The van der Waals surface area contributed by atoms with E-state index in [1.54, 1.807) is 0 Å². The van der Waals surface area contributed by atoms with Gasteiger partial charge >= 0.3 is 0 Å². The minimum absolute atomic E-state index is 0.0191. The smallest absolute Gasteiger partial charge is 0.224 e. The van der Waals surface area contributed by atoms with Gasteiger partial charge in [0.15, 0.2) is 0 Å². The second-order valence-electron chi connectivity index (χ2n) is 4.15. The van der Waals surface area contributed by atoms with Gasteiger partial charge in [0.1, 0.15) is 5.75 Å². The summed E-state index contributed by atoms with van der Waals surface area (Å²) in [5.74, 6) is 0.684. The summed E-state index contributed by atoms with van der Waals surface area (Å²) < 4.78 is 5.55. The molecule has 0 saturated heterocycles. The number of anilines is 1. The number of amides is 1. The van der Waals surface area contributed by atoms with Gasteiger partial charge in [0.05, 0.1) is 12.3 Å². The Bertz CT molecular complexity index is 405. The van der Waals surface area contributed by atoms with Crippen LogP contribution in [-0.4, -0.2) is 17.9 Å². The average molecular weight is 270 g/mol. The predicted octanol–water partition coefficient (Wildman–Crippen LogP) is 3.60. The number of benzene rings is 1. The molecule has 3 nitrogen and oxygen atoms in total. The summed E-state index contributed by atoms with van der Waals surface area (Å²) in [6.45, 7) is 6.26. The van der Waals surface area contributed by atoms with Crippen molar-refractivity contribution in [3.8, 4) is 5.75 Å². The van der Waals surface area contributed by atoms with Crippen molar-refractivity contribution in [1.29, 1.82) is 0 Å². The zero-order valence-electron chi connectivity index (χ0n) is 11.1. The molecule has 4 heteroatoms. The van der Waals surface area contributed by atoms with Crippen molar-refractivity contribution in [1.82, 2.24) is 0 Å². The molecule has 0 radical (unpaired) electrons. The van der Waals surface area contributed by atoms with Crippen LogP contribution in [0.3, 0.4) is 0 Å². The molecule has 1 aromatic carbocycles. The normalized spacial score (nSPS) is 12.0. The van der Waals surface area contributed by atoms with Gasteiger partial charge in [-0.25, -0.2) is 0 Å². The first-order valence-electron chi connectivity index (χ1n) is 6.26. The van der Waals surface area contributed by atoms with Gasteiger partial charge in [0.25, 0.3) is 0 Å². The lowest BCUT2D eigenvalue weighted by Crippen LogP contribution is -2.11. The molecule has 100 valence electrons. The van der Waals surface area contributed by atoms with Crippen LogP contribution in [0.25, 0.3) is 0 Å². The van der Waals surface area contributed by atoms with Crippen LogP contribution in [0.4, 0.5) is 5.69 Å². The maximum Gasteiger partial charge on any atom is 0.224 e. The van der Waals surface area contributed by atoms with E-state index in [0.717, 1.165) is 17.7 Å². The van der Waals surface area contributed by atoms with Gasteiger partial charge in [0, 0.05) is 11.8 Å². The predicted molar refractivity (Wildman–Crippen MR) is 75.6 cm³/mol. The van der Waals surface area contributed by atoms with Crippen LogP contribution in [-0.2, 0) is 11.2 Å². The molecular formula is C14H20ClNO2. The van der Waals surface area contributed by atoms with E-state index in [0.29, 0.717) is 18.8 Å². The Morgan fingerprint density at radius 2 is 2.17 bits per heavy atom. The lowest BCUT2D eigenvalue weighted by Gasteiger charge is -2.13. The van der Waals surface area contributed by atoms with E-state index >= 15 is 0 Å². The summed E-state index contributed by atoms with van der Waals surface area (Å²) in [4.78, 5) is 11.4. The Kier molecular flexibility index (Phi) is 5.99. The van der Waals surface area contributed by atoms with E-state index in [1.807, 2.05) is 39.0 Å². The molecule has 0 heterocycles. The van der Waals surface area contributed by atoms with E-state index in [1.165, 1.54) is 0 Å². The first kappa shape index (κ1) is 14.8. The molecule has 1 atom stereocenters. The van der Waals surface area contributed by atoms with E-state index in [2.05, 4.69) is 5.32 Å². The Morgan fingerprint density at radius 1 is 1.44 bits per heavy atom. The Morgan fingerprint density at radius 3 is 2.72 bits per heavy atom. The molecule has 0 aliphatic heterocycles. The summed E-state index contributed by atoms with van der Waals surface area (Å²) in [5, 5.41) is 2.91. The third kappa shape index (κ3) is 4.57. The quantitative estimate of drug-likeness (QED) is 0.802. The average Bonchev–Trinajstić information content (AvgIpc) is 2.32. The van der Waals surface area contributed by atoms with Crippen LogP contribution in [0, 0.1) is 0 Å². The van der Waals surface area contributed by atoms with E-state index in [9.17, 15) is 4.79 Å².